The van der Waals surface area contributed by atoms with Crippen LogP contribution in [0.3, 0.4) is 0 Å². The van der Waals surface area contributed by atoms with Crippen LogP contribution >= 0.6 is 0 Å². The fourth-order valence-corrected chi connectivity index (χ4v) is 2.08. The highest BCUT2D eigenvalue weighted by Crippen LogP contribution is 2.40. The van der Waals surface area contributed by atoms with Gasteiger partial charge < -0.3 is 5.32 Å². The van der Waals surface area contributed by atoms with Gasteiger partial charge in [-0.15, -0.1) is 0 Å². The van der Waals surface area contributed by atoms with Crippen molar-refractivity contribution < 1.29 is 0 Å². The van der Waals surface area contributed by atoms with E-state index in [1.807, 2.05) is 13.2 Å². The van der Waals surface area contributed by atoms with Crippen LogP contribution in [0, 0.1) is 19.8 Å². The van der Waals surface area contributed by atoms with E-state index < -0.39 is 0 Å². The smallest absolute Gasteiger partial charge is 0.0605 e. The van der Waals surface area contributed by atoms with Crippen molar-refractivity contribution in [1.82, 2.24) is 10.3 Å². The highest BCUT2D eigenvalue weighted by atomic mass is 14.9. The second-order valence-corrected chi connectivity index (χ2v) is 4.32. The van der Waals surface area contributed by atoms with E-state index in [1.54, 1.807) is 0 Å². The van der Waals surface area contributed by atoms with Crippen molar-refractivity contribution in [3.05, 3.63) is 29.1 Å². The molecule has 0 aromatic carbocycles. The molecule has 1 atom stereocenters. The van der Waals surface area contributed by atoms with Gasteiger partial charge in [-0.3, -0.25) is 4.98 Å². The minimum atomic E-state index is 0.468. The molecule has 2 rings (SSSR count). The molecule has 76 valence electrons. The van der Waals surface area contributed by atoms with Crippen molar-refractivity contribution in [2.24, 2.45) is 5.92 Å². The fraction of sp³-hybridized carbons (Fsp3) is 0.583. The first kappa shape index (κ1) is 9.66. The van der Waals surface area contributed by atoms with E-state index in [2.05, 4.69) is 30.2 Å². The Kier molecular flexibility index (Phi) is 2.55. The van der Waals surface area contributed by atoms with E-state index in [0.29, 0.717) is 6.04 Å². The van der Waals surface area contributed by atoms with E-state index >= 15 is 0 Å². The number of rotatable bonds is 3. The van der Waals surface area contributed by atoms with Crippen molar-refractivity contribution >= 4 is 0 Å². The number of pyridine rings is 1. The number of nitrogens with one attached hydrogen (secondary N) is 1. The topological polar surface area (TPSA) is 24.9 Å². The highest BCUT2D eigenvalue weighted by molar-refractivity contribution is 5.26. The third-order valence-corrected chi connectivity index (χ3v) is 2.95. The lowest BCUT2D eigenvalue weighted by molar-refractivity contribution is 0.512. The van der Waals surface area contributed by atoms with Gasteiger partial charge in [0.1, 0.15) is 0 Å². The van der Waals surface area contributed by atoms with Crippen LogP contribution in [0.5, 0.6) is 0 Å². The molecule has 0 bridgehead atoms. The monoisotopic (exact) mass is 190 g/mol. The van der Waals surface area contributed by atoms with Gasteiger partial charge in [0.2, 0.25) is 0 Å². The molecule has 1 aromatic rings. The molecule has 0 spiro atoms. The second kappa shape index (κ2) is 3.70. The largest absolute Gasteiger partial charge is 0.311 e. The van der Waals surface area contributed by atoms with E-state index in [0.717, 1.165) is 5.92 Å². The lowest BCUT2D eigenvalue weighted by atomic mass is 10.0. The lowest BCUT2D eigenvalue weighted by Gasteiger charge is -2.17. The molecule has 2 heteroatoms. The summed E-state index contributed by atoms with van der Waals surface area (Å²) in [5, 5.41) is 3.38. The molecule has 1 aromatic heterocycles. The Hall–Kier alpha value is -0.890. The molecule has 1 heterocycles. The van der Waals surface area contributed by atoms with Gasteiger partial charge in [-0.25, -0.2) is 0 Å². The maximum absolute atomic E-state index is 4.55. The fourth-order valence-electron chi connectivity index (χ4n) is 2.08. The Morgan fingerprint density at radius 1 is 1.43 bits per heavy atom. The molecule has 1 fully saturated rings. The van der Waals surface area contributed by atoms with Gasteiger partial charge in [0.15, 0.2) is 0 Å². The third kappa shape index (κ3) is 1.80. The Labute approximate surface area is 85.7 Å². The Morgan fingerprint density at radius 3 is 2.64 bits per heavy atom. The second-order valence-electron chi connectivity index (χ2n) is 4.32. The van der Waals surface area contributed by atoms with Crippen LogP contribution in [0.2, 0.25) is 0 Å². The van der Waals surface area contributed by atoms with Crippen LogP contribution in [0.4, 0.5) is 0 Å². The molecule has 1 aliphatic carbocycles. The lowest BCUT2D eigenvalue weighted by Crippen LogP contribution is -2.20. The van der Waals surface area contributed by atoms with Gasteiger partial charge in [0.05, 0.1) is 11.7 Å². The van der Waals surface area contributed by atoms with Crippen LogP contribution in [-0.4, -0.2) is 12.0 Å². The van der Waals surface area contributed by atoms with Crippen LogP contribution < -0.4 is 5.32 Å². The normalized spacial score (nSPS) is 18.2. The van der Waals surface area contributed by atoms with Crippen molar-refractivity contribution in [3.8, 4) is 0 Å². The average molecular weight is 190 g/mol. The SMILES string of the molecule is CNC(c1ncc(C)cc1C)C1CC1. The summed E-state index contributed by atoms with van der Waals surface area (Å²) >= 11 is 0. The van der Waals surface area contributed by atoms with Crippen LogP contribution in [-0.2, 0) is 0 Å². The maximum Gasteiger partial charge on any atom is 0.0605 e. The van der Waals surface area contributed by atoms with E-state index in [1.165, 1.54) is 29.7 Å². The first-order chi connectivity index (χ1) is 6.72. The molecular weight excluding hydrogens is 172 g/mol. The first-order valence-corrected chi connectivity index (χ1v) is 5.33. The molecule has 2 nitrogen and oxygen atoms in total. The minimum absolute atomic E-state index is 0.468. The molecule has 1 unspecified atom stereocenters. The zero-order valence-electron chi connectivity index (χ0n) is 9.17. The third-order valence-electron chi connectivity index (χ3n) is 2.95. The van der Waals surface area contributed by atoms with Crippen LogP contribution in [0.25, 0.3) is 0 Å². The quantitative estimate of drug-likeness (QED) is 0.791. The highest BCUT2D eigenvalue weighted by Gasteiger charge is 2.32. The molecule has 0 saturated heterocycles. The molecule has 0 aliphatic heterocycles. The van der Waals surface area contributed by atoms with Crippen LogP contribution in [0.1, 0.15) is 35.7 Å². The first-order valence-electron chi connectivity index (χ1n) is 5.33. The summed E-state index contributed by atoms with van der Waals surface area (Å²) in [7, 11) is 2.03. The number of aromatic nitrogens is 1. The summed E-state index contributed by atoms with van der Waals surface area (Å²) < 4.78 is 0. The zero-order chi connectivity index (χ0) is 10.1. The van der Waals surface area contributed by atoms with E-state index in [-0.39, 0.29) is 0 Å². The molecule has 0 amide bonds. The van der Waals surface area contributed by atoms with Crippen molar-refractivity contribution in [2.75, 3.05) is 7.05 Å². The van der Waals surface area contributed by atoms with Crippen molar-refractivity contribution in [2.45, 2.75) is 32.7 Å². The van der Waals surface area contributed by atoms with Gasteiger partial charge in [0, 0.05) is 6.20 Å². The molecule has 1 aliphatic rings. The predicted molar refractivity (Wildman–Crippen MR) is 58.2 cm³/mol. The van der Waals surface area contributed by atoms with E-state index in [4.69, 9.17) is 0 Å². The Bertz CT molecular complexity index is 329. The number of aryl methyl sites for hydroxylation is 2. The summed E-state index contributed by atoms with van der Waals surface area (Å²) in [6.45, 7) is 4.25. The van der Waals surface area contributed by atoms with Gasteiger partial charge in [-0.05, 0) is 50.8 Å². The standard InChI is InChI=1S/C12H18N2/c1-8-6-9(2)11(14-7-8)12(13-3)10-4-5-10/h6-7,10,12-13H,4-5H2,1-3H3. The van der Waals surface area contributed by atoms with Gasteiger partial charge in [-0.1, -0.05) is 6.07 Å². The summed E-state index contributed by atoms with van der Waals surface area (Å²) in [5.41, 5.74) is 3.80. The predicted octanol–water partition coefficient (Wildman–Crippen LogP) is 2.37. The Balaban J connectivity index is 2.29. The zero-order valence-corrected chi connectivity index (χ0v) is 9.17. The summed E-state index contributed by atoms with van der Waals surface area (Å²) in [6.07, 6.45) is 4.66. The van der Waals surface area contributed by atoms with Gasteiger partial charge in [0.25, 0.3) is 0 Å². The summed E-state index contributed by atoms with van der Waals surface area (Å²) in [5.74, 6) is 0.814. The molecule has 1 N–H and O–H groups in total. The van der Waals surface area contributed by atoms with Gasteiger partial charge >= 0.3 is 0 Å². The van der Waals surface area contributed by atoms with E-state index in [9.17, 15) is 0 Å². The Morgan fingerprint density at radius 2 is 2.14 bits per heavy atom. The minimum Gasteiger partial charge on any atom is -0.311 e. The number of hydrogen-bond acceptors (Lipinski definition) is 2. The van der Waals surface area contributed by atoms with Gasteiger partial charge in [-0.2, -0.15) is 0 Å². The summed E-state index contributed by atoms with van der Waals surface area (Å²) in [6, 6.07) is 2.69. The number of hydrogen-bond donors (Lipinski definition) is 1. The summed E-state index contributed by atoms with van der Waals surface area (Å²) in [4.78, 5) is 4.55. The number of nitrogens with zero attached hydrogens (tertiary/aromatic N) is 1. The van der Waals surface area contributed by atoms with Crippen molar-refractivity contribution in [1.29, 1.82) is 0 Å². The van der Waals surface area contributed by atoms with Crippen LogP contribution in [0.15, 0.2) is 12.3 Å². The molecule has 14 heavy (non-hydrogen) atoms. The van der Waals surface area contributed by atoms with Crippen molar-refractivity contribution in [3.63, 3.8) is 0 Å². The molecule has 0 radical (unpaired) electrons. The molecule has 1 saturated carbocycles. The molecular formula is C12H18N2. The average Bonchev–Trinajstić information content (AvgIpc) is 2.93. The maximum atomic E-state index is 4.55.